The Balaban J connectivity index is 1.26. The van der Waals surface area contributed by atoms with Gasteiger partial charge in [0.25, 0.3) is 0 Å². The molecule has 216 valence electrons. The third-order valence-electron chi connectivity index (χ3n) is 6.96. The van der Waals surface area contributed by atoms with Gasteiger partial charge in [0, 0.05) is 30.9 Å². The second-order valence-electron chi connectivity index (χ2n) is 9.78. The van der Waals surface area contributed by atoms with Crippen LogP contribution in [0.3, 0.4) is 0 Å². The van der Waals surface area contributed by atoms with Gasteiger partial charge in [-0.15, -0.1) is 0 Å². The van der Waals surface area contributed by atoms with E-state index in [1.165, 1.54) is 36.5 Å². The molecule has 1 atom stereocenters. The second-order valence-corrected chi connectivity index (χ2v) is 9.78. The molecule has 43 heavy (non-hydrogen) atoms. The van der Waals surface area contributed by atoms with Crippen LogP contribution < -0.4 is 4.74 Å². The summed E-state index contributed by atoms with van der Waals surface area (Å²) in [6.45, 7) is 0.646. The number of hydrogen-bond acceptors (Lipinski definition) is 8. The maximum Gasteiger partial charge on any atom is 0.354 e. The molecule has 13 heteroatoms. The Morgan fingerprint density at radius 3 is 2.65 bits per heavy atom. The van der Waals surface area contributed by atoms with Crippen LogP contribution in [0, 0.1) is 28.8 Å². The normalized spacial score (nSPS) is 14.3. The van der Waals surface area contributed by atoms with Gasteiger partial charge in [0.2, 0.25) is 5.88 Å². The van der Waals surface area contributed by atoms with Crippen molar-refractivity contribution >= 4 is 17.1 Å². The predicted molar refractivity (Wildman–Crippen MR) is 144 cm³/mol. The number of imidazole rings is 1. The average Bonchev–Trinajstić information content (AvgIpc) is 3.31. The van der Waals surface area contributed by atoms with E-state index in [2.05, 4.69) is 19.9 Å². The first kappa shape index (κ1) is 27.8. The smallest absolute Gasteiger partial charge is 0.354 e. The molecule has 0 bridgehead atoms. The Hall–Kier alpha value is -5.35. The van der Waals surface area contributed by atoms with Crippen LogP contribution in [0.15, 0.2) is 54.7 Å². The average molecular weight is 587 g/mol. The van der Waals surface area contributed by atoms with E-state index < -0.39 is 23.4 Å². The van der Waals surface area contributed by atoms with Gasteiger partial charge in [-0.2, -0.15) is 5.26 Å². The van der Waals surface area contributed by atoms with Gasteiger partial charge in [0.1, 0.15) is 47.2 Å². The molecular weight excluding hydrogens is 565 g/mol. The molecule has 0 amide bonds. The van der Waals surface area contributed by atoms with E-state index in [0.29, 0.717) is 30.1 Å². The van der Waals surface area contributed by atoms with Gasteiger partial charge in [0.05, 0.1) is 23.9 Å². The number of rotatable bonds is 9. The molecule has 1 aliphatic rings. The van der Waals surface area contributed by atoms with Gasteiger partial charge in [-0.25, -0.2) is 32.9 Å². The molecule has 1 aliphatic heterocycles. The fraction of sp³-hybridized carbons (Fsp3) is 0.200. The van der Waals surface area contributed by atoms with Crippen molar-refractivity contribution in [2.45, 2.75) is 32.1 Å². The van der Waals surface area contributed by atoms with Crippen LogP contribution in [0.5, 0.6) is 5.88 Å². The summed E-state index contributed by atoms with van der Waals surface area (Å²) in [6.07, 6.45) is 1.80. The quantitative estimate of drug-likeness (QED) is 0.257. The minimum absolute atomic E-state index is 0.0283. The fourth-order valence-electron chi connectivity index (χ4n) is 4.64. The molecule has 1 saturated heterocycles. The molecule has 5 heterocycles. The van der Waals surface area contributed by atoms with Crippen molar-refractivity contribution in [1.82, 2.24) is 24.5 Å². The number of nitrogens with zero attached hydrogens (tertiary/aromatic N) is 6. The van der Waals surface area contributed by atoms with Crippen molar-refractivity contribution in [2.75, 3.05) is 6.61 Å². The highest BCUT2D eigenvalue weighted by molar-refractivity contribution is 5.88. The molecule has 1 N–H and O–H groups in total. The number of fused-ring (bicyclic) bond motifs is 1. The topological polar surface area (TPSA) is 136 Å². The zero-order chi connectivity index (χ0) is 30.1. The molecule has 0 aliphatic carbocycles. The minimum atomic E-state index is -1.19. The maximum absolute atomic E-state index is 15.4. The van der Waals surface area contributed by atoms with E-state index in [4.69, 9.17) is 14.7 Å². The van der Waals surface area contributed by atoms with Crippen molar-refractivity contribution in [3.63, 3.8) is 0 Å². The van der Waals surface area contributed by atoms with Crippen molar-refractivity contribution < 1.29 is 32.5 Å². The SMILES string of the molecule is N#Cc1cnc(COc2cccc(-c3cc(F)c(Cc4nc5ccc(C(=O)O)nc5n4CC4CCO4)cc3F)n2)c(F)c1. The first-order chi connectivity index (χ1) is 20.8. The highest BCUT2D eigenvalue weighted by Crippen LogP contribution is 2.28. The molecule has 0 radical (unpaired) electrons. The largest absolute Gasteiger partial charge is 0.477 e. The molecular formula is C30H21F3N6O4. The number of nitriles is 1. The maximum atomic E-state index is 15.4. The number of halogens is 3. The third-order valence-corrected chi connectivity index (χ3v) is 6.96. The summed E-state index contributed by atoms with van der Waals surface area (Å²) in [6, 6.07) is 12.3. The molecule has 0 spiro atoms. The van der Waals surface area contributed by atoms with Crippen LogP contribution >= 0.6 is 0 Å². The van der Waals surface area contributed by atoms with E-state index in [0.717, 1.165) is 24.6 Å². The summed E-state index contributed by atoms with van der Waals surface area (Å²) in [5, 5.41) is 18.2. The molecule has 1 unspecified atom stereocenters. The first-order valence-electron chi connectivity index (χ1n) is 13.1. The summed E-state index contributed by atoms with van der Waals surface area (Å²) in [5.74, 6) is -2.94. The summed E-state index contributed by atoms with van der Waals surface area (Å²) in [4.78, 5) is 28.3. The number of ether oxygens (including phenoxy) is 2. The van der Waals surface area contributed by atoms with Gasteiger partial charge in [-0.3, -0.25) is 4.98 Å². The molecule has 1 fully saturated rings. The lowest BCUT2D eigenvalue weighted by atomic mass is 10.0. The Bertz CT molecular complexity index is 1920. The van der Waals surface area contributed by atoms with Crippen LogP contribution in [0.4, 0.5) is 13.2 Å². The van der Waals surface area contributed by atoms with Crippen LogP contribution in [-0.2, 0) is 24.3 Å². The number of carbonyl (C=O) groups is 1. The standard InChI is InChI=1S/C30H21F3N6O4/c31-20-11-19(23-2-1-3-28(37-23)43-15-26-22(33)8-16(12-34)13-35-26)21(32)9-17(20)10-27-36-24-4-5-25(30(40)41)38-29(24)39(27)14-18-6-7-42-18/h1-5,8-9,11,13,18H,6-7,10,14-15H2,(H,40,41). The first-order valence-corrected chi connectivity index (χ1v) is 13.1. The van der Waals surface area contributed by atoms with Crippen LogP contribution in [0.2, 0.25) is 0 Å². The Kier molecular flexibility index (Phi) is 7.43. The van der Waals surface area contributed by atoms with Gasteiger partial charge in [-0.1, -0.05) is 6.07 Å². The monoisotopic (exact) mass is 586 g/mol. The Morgan fingerprint density at radius 1 is 1.09 bits per heavy atom. The number of carboxylic acids is 1. The number of pyridine rings is 3. The van der Waals surface area contributed by atoms with Crippen molar-refractivity contribution in [1.29, 1.82) is 5.26 Å². The van der Waals surface area contributed by atoms with Gasteiger partial charge in [-0.05, 0) is 48.4 Å². The highest BCUT2D eigenvalue weighted by atomic mass is 19.1. The molecule has 10 nitrogen and oxygen atoms in total. The molecule has 5 aromatic rings. The van der Waals surface area contributed by atoms with E-state index in [1.807, 2.05) is 0 Å². The van der Waals surface area contributed by atoms with Crippen molar-refractivity contribution in [3.05, 3.63) is 101 Å². The number of benzene rings is 1. The predicted octanol–water partition coefficient (Wildman–Crippen LogP) is 4.83. The molecule has 0 saturated carbocycles. The number of aromatic nitrogens is 5. The zero-order valence-corrected chi connectivity index (χ0v) is 22.3. The summed E-state index contributed by atoms with van der Waals surface area (Å²) >= 11 is 0. The Morgan fingerprint density at radius 2 is 1.93 bits per heavy atom. The third kappa shape index (κ3) is 5.73. The number of aromatic carboxylic acids is 1. The van der Waals surface area contributed by atoms with Crippen molar-refractivity contribution in [3.8, 4) is 23.2 Å². The minimum Gasteiger partial charge on any atom is -0.477 e. The number of hydrogen-bond donors (Lipinski definition) is 1. The van der Waals surface area contributed by atoms with E-state index in [-0.39, 0.29) is 58.8 Å². The van der Waals surface area contributed by atoms with E-state index in [9.17, 15) is 14.3 Å². The van der Waals surface area contributed by atoms with Crippen LogP contribution in [0.25, 0.3) is 22.4 Å². The van der Waals surface area contributed by atoms with Gasteiger partial charge in [0.15, 0.2) is 11.3 Å². The van der Waals surface area contributed by atoms with Crippen LogP contribution in [0.1, 0.15) is 39.6 Å². The lowest BCUT2D eigenvalue weighted by Crippen LogP contribution is -2.32. The van der Waals surface area contributed by atoms with E-state index >= 15 is 8.78 Å². The molecule has 6 rings (SSSR count). The number of carboxylic acid groups (broad SMARTS) is 1. The summed E-state index contributed by atoms with van der Waals surface area (Å²) in [5.41, 5.74) is 0.614. The van der Waals surface area contributed by atoms with Crippen molar-refractivity contribution in [2.24, 2.45) is 0 Å². The second kappa shape index (κ2) is 11.5. The fourth-order valence-corrected chi connectivity index (χ4v) is 4.64. The zero-order valence-electron chi connectivity index (χ0n) is 22.3. The lowest BCUT2D eigenvalue weighted by Gasteiger charge is -2.27. The highest BCUT2D eigenvalue weighted by Gasteiger charge is 2.24. The summed E-state index contributed by atoms with van der Waals surface area (Å²) < 4.78 is 57.7. The van der Waals surface area contributed by atoms with Gasteiger partial charge < -0.3 is 19.1 Å². The van der Waals surface area contributed by atoms with Gasteiger partial charge >= 0.3 is 5.97 Å². The molecule has 4 aromatic heterocycles. The summed E-state index contributed by atoms with van der Waals surface area (Å²) in [7, 11) is 0. The Labute approximate surface area is 242 Å². The lowest BCUT2D eigenvalue weighted by molar-refractivity contribution is -0.0590. The van der Waals surface area contributed by atoms with Crippen LogP contribution in [-0.4, -0.2) is 48.3 Å². The molecule has 1 aromatic carbocycles. The van der Waals surface area contributed by atoms with E-state index in [1.54, 1.807) is 10.6 Å².